The molecule has 0 spiro atoms. The van der Waals surface area contributed by atoms with E-state index in [4.69, 9.17) is 4.74 Å². The van der Waals surface area contributed by atoms with Crippen LogP contribution in [-0.4, -0.2) is 58.4 Å². The Bertz CT molecular complexity index is 459. The van der Waals surface area contributed by atoms with Gasteiger partial charge in [-0.3, -0.25) is 14.5 Å². The van der Waals surface area contributed by atoms with Gasteiger partial charge in [-0.2, -0.15) is 0 Å². The summed E-state index contributed by atoms with van der Waals surface area (Å²) in [6, 6.07) is -0.578. The van der Waals surface area contributed by atoms with Crippen LogP contribution in [0.5, 0.6) is 0 Å². The lowest BCUT2D eigenvalue weighted by Gasteiger charge is -2.20. The van der Waals surface area contributed by atoms with E-state index in [0.29, 0.717) is 25.9 Å². The maximum atomic E-state index is 12.3. The number of carboxylic acid groups (broad SMARTS) is 1. The standard InChI is InChI=1S/C24H45NO5/c1-3-5-7-10-14-21(15-11-8-6-4-2)30-23(27)16-12-9-13-17-25-19-20(26)18-22(25)24(28)29/h20-22,26H,3-19H2,1-2H3,(H,28,29)/t20?,22-/m0/s1. The van der Waals surface area contributed by atoms with Gasteiger partial charge in [0.15, 0.2) is 0 Å². The fourth-order valence-corrected chi connectivity index (χ4v) is 4.25. The Labute approximate surface area is 183 Å². The maximum absolute atomic E-state index is 12.3. The fourth-order valence-electron chi connectivity index (χ4n) is 4.25. The molecule has 1 rings (SSSR count). The molecule has 0 bridgehead atoms. The molecule has 0 saturated carbocycles. The monoisotopic (exact) mass is 427 g/mol. The summed E-state index contributed by atoms with van der Waals surface area (Å²) in [6.07, 6.45) is 14.3. The number of hydrogen-bond donors (Lipinski definition) is 2. The van der Waals surface area contributed by atoms with Crippen molar-refractivity contribution in [1.82, 2.24) is 4.90 Å². The summed E-state index contributed by atoms with van der Waals surface area (Å²) in [5.74, 6) is -0.954. The predicted molar refractivity (Wildman–Crippen MR) is 119 cm³/mol. The van der Waals surface area contributed by atoms with E-state index in [1.165, 1.54) is 38.5 Å². The Morgan fingerprint density at radius 1 is 0.933 bits per heavy atom. The molecule has 6 nitrogen and oxygen atoms in total. The minimum Gasteiger partial charge on any atom is -0.480 e. The quantitative estimate of drug-likeness (QED) is 0.238. The molecule has 0 aromatic rings. The second-order valence-electron chi connectivity index (χ2n) is 8.86. The molecule has 1 aliphatic rings. The molecule has 0 radical (unpaired) electrons. The molecule has 0 aromatic carbocycles. The van der Waals surface area contributed by atoms with E-state index >= 15 is 0 Å². The summed E-state index contributed by atoms with van der Waals surface area (Å²) in [5, 5.41) is 18.9. The lowest BCUT2D eigenvalue weighted by Crippen LogP contribution is -2.36. The first-order valence-corrected chi connectivity index (χ1v) is 12.3. The van der Waals surface area contributed by atoms with Gasteiger partial charge in [0.05, 0.1) is 6.10 Å². The highest BCUT2D eigenvalue weighted by molar-refractivity contribution is 5.74. The summed E-state index contributed by atoms with van der Waals surface area (Å²) in [4.78, 5) is 25.4. The van der Waals surface area contributed by atoms with Gasteiger partial charge >= 0.3 is 11.9 Å². The molecule has 1 unspecified atom stereocenters. The number of carboxylic acids is 1. The van der Waals surface area contributed by atoms with Gasteiger partial charge in [-0.05, 0) is 45.1 Å². The topological polar surface area (TPSA) is 87.1 Å². The fraction of sp³-hybridized carbons (Fsp3) is 0.917. The van der Waals surface area contributed by atoms with Crippen LogP contribution in [0.1, 0.15) is 110 Å². The van der Waals surface area contributed by atoms with Crippen LogP contribution in [0.15, 0.2) is 0 Å². The number of nitrogens with zero attached hydrogens (tertiary/aromatic N) is 1. The lowest BCUT2D eigenvalue weighted by atomic mass is 10.0. The van der Waals surface area contributed by atoms with E-state index in [1.54, 1.807) is 0 Å². The Hall–Kier alpha value is -1.14. The second-order valence-corrected chi connectivity index (χ2v) is 8.86. The highest BCUT2D eigenvalue weighted by atomic mass is 16.5. The van der Waals surface area contributed by atoms with Crippen LogP contribution in [0.2, 0.25) is 0 Å². The highest BCUT2D eigenvalue weighted by Crippen LogP contribution is 2.20. The van der Waals surface area contributed by atoms with Gasteiger partial charge in [-0.15, -0.1) is 0 Å². The van der Waals surface area contributed by atoms with Crippen LogP contribution in [0, 0.1) is 0 Å². The third-order valence-electron chi connectivity index (χ3n) is 6.05. The van der Waals surface area contributed by atoms with E-state index in [0.717, 1.165) is 44.9 Å². The minimum atomic E-state index is -0.862. The van der Waals surface area contributed by atoms with E-state index in [9.17, 15) is 19.8 Å². The SMILES string of the molecule is CCCCCCC(CCCCCC)OC(=O)CCCCCN1CC(O)C[C@H]1C(=O)O. The molecule has 0 aromatic heterocycles. The summed E-state index contributed by atoms with van der Waals surface area (Å²) in [6.45, 7) is 5.49. The number of ether oxygens (including phenoxy) is 1. The highest BCUT2D eigenvalue weighted by Gasteiger charge is 2.35. The molecule has 1 aliphatic heterocycles. The number of rotatable bonds is 18. The third-order valence-corrected chi connectivity index (χ3v) is 6.05. The van der Waals surface area contributed by atoms with Crippen LogP contribution in [0.25, 0.3) is 0 Å². The number of carbonyl (C=O) groups excluding carboxylic acids is 1. The van der Waals surface area contributed by atoms with Crippen molar-refractivity contribution in [3.05, 3.63) is 0 Å². The summed E-state index contributed by atoms with van der Waals surface area (Å²) >= 11 is 0. The number of likely N-dealkylation sites (tertiary alicyclic amines) is 1. The molecule has 2 N–H and O–H groups in total. The van der Waals surface area contributed by atoms with Gasteiger partial charge in [0.1, 0.15) is 12.1 Å². The van der Waals surface area contributed by atoms with Crippen molar-refractivity contribution < 1.29 is 24.5 Å². The molecular formula is C24H45NO5. The number of aliphatic hydroxyl groups excluding tert-OH is 1. The third kappa shape index (κ3) is 11.9. The largest absolute Gasteiger partial charge is 0.480 e. The van der Waals surface area contributed by atoms with Crippen molar-refractivity contribution in [1.29, 1.82) is 0 Å². The van der Waals surface area contributed by atoms with Crippen LogP contribution < -0.4 is 0 Å². The van der Waals surface area contributed by atoms with Crippen LogP contribution >= 0.6 is 0 Å². The minimum absolute atomic E-state index is 0.0635. The Morgan fingerprint density at radius 2 is 1.53 bits per heavy atom. The zero-order valence-electron chi connectivity index (χ0n) is 19.3. The molecule has 0 aliphatic carbocycles. The number of unbranched alkanes of at least 4 members (excludes halogenated alkanes) is 8. The normalized spacial score (nSPS) is 19.5. The van der Waals surface area contributed by atoms with Gasteiger partial charge in [-0.1, -0.05) is 58.8 Å². The second kappa shape index (κ2) is 16.5. The van der Waals surface area contributed by atoms with Crippen molar-refractivity contribution in [2.75, 3.05) is 13.1 Å². The first-order chi connectivity index (χ1) is 14.5. The lowest BCUT2D eigenvalue weighted by molar-refractivity contribution is -0.150. The first kappa shape index (κ1) is 26.9. The van der Waals surface area contributed by atoms with Gasteiger partial charge in [-0.25, -0.2) is 0 Å². The first-order valence-electron chi connectivity index (χ1n) is 12.3. The molecule has 0 amide bonds. The Kier molecular flexibility index (Phi) is 14.8. The average molecular weight is 428 g/mol. The predicted octanol–water partition coefficient (Wildman–Crippen LogP) is 4.92. The van der Waals surface area contributed by atoms with Crippen LogP contribution in [0.4, 0.5) is 0 Å². The van der Waals surface area contributed by atoms with E-state index in [2.05, 4.69) is 13.8 Å². The van der Waals surface area contributed by atoms with Crippen molar-refractivity contribution >= 4 is 11.9 Å². The van der Waals surface area contributed by atoms with Crippen molar-refractivity contribution in [3.63, 3.8) is 0 Å². The maximum Gasteiger partial charge on any atom is 0.321 e. The van der Waals surface area contributed by atoms with Crippen LogP contribution in [-0.2, 0) is 14.3 Å². The van der Waals surface area contributed by atoms with Gasteiger partial charge in [0.2, 0.25) is 0 Å². The Balaban J connectivity index is 2.23. The Morgan fingerprint density at radius 3 is 2.10 bits per heavy atom. The van der Waals surface area contributed by atoms with Crippen molar-refractivity contribution in [3.8, 4) is 0 Å². The number of aliphatic carboxylic acids is 1. The van der Waals surface area contributed by atoms with Crippen molar-refractivity contribution in [2.24, 2.45) is 0 Å². The number of hydrogen-bond acceptors (Lipinski definition) is 5. The molecular weight excluding hydrogens is 382 g/mol. The van der Waals surface area contributed by atoms with Gasteiger partial charge in [0, 0.05) is 19.4 Å². The number of β-amino-alcohol motifs (C(OH)–C–C–N with tert-alkyl or cyclic N) is 1. The van der Waals surface area contributed by atoms with E-state index < -0.39 is 18.1 Å². The van der Waals surface area contributed by atoms with Gasteiger partial charge in [0.25, 0.3) is 0 Å². The molecule has 1 heterocycles. The van der Waals surface area contributed by atoms with Crippen molar-refractivity contribution in [2.45, 2.75) is 128 Å². The zero-order valence-corrected chi connectivity index (χ0v) is 19.3. The average Bonchev–Trinajstić information content (AvgIpc) is 3.08. The van der Waals surface area contributed by atoms with Crippen LogP contribution in [0.3, 0.4) is 0 Å². The number of carbonyl (C=O) groups is 2. The molecule has 1 fully saturated rings. The molecule has 6 heteroatoms. The summed E-state index contributed by atoms with van der Waals surface area (Å²) < 4.78 is 5.79. The van der Waals surface area contributed by atoms with E-state index in [-0.39, 0.29) is 12.1 Å². The molecule has 30 heavy (non-hydrogen) atoms. The smallest absolute Gasteiger partial charge is 0.321 e. The zero-order chi connectivity index (χ0) is 22.2. The summed E-state index contributed by atoms with van der Waals surface area (Å²) in [7, 11) is 0. The van der Waals surface area contributed by atoms with Gasteiger partial charge < -0.3 is 14.9 Å². The summed E-state index contributed by atoms with van der Waals surface area (Å²) in [5.41, 5.74) is 0. The number of esters is 1. The molecule has 176 valence electrons. The number of aliphatic hydroxyl groups is 1. The molecule has 2 atom stereocenters. The van der Waals surface area contributed by atoms with E-state index in [1.807, 2.05) is 4.90 Å². The molecule has 1 saturated heterocycles.